The van der Waals surface area contributed by atoms with Gasteiger partial charge in [0, 0.05) is 10.7 Å². The lowest BCUT2D eigenvalue weighted by Gasteiger charge is -2.34. The molecule has 1 N–H and O–H groups in total. The van der Waals surface area contributed by atoms with E-state index in [2.05, 4.69) is 5.32 Å². The summed E-state index contributed by atoms with van der Waals surface area (Å²) in [4.78, 5) is 12.9. The lowest BCUT2D eigenvalue weighted by atomic mass is 10.2. The number of carbonyl (C=O) groups is 1. The van der Waals surface area contributed by atoms with Crippen LogP contribution in [0.2, 0.25) is 5.02 Å². The van der Waals surface area contributed by atoms with Gasteiger partial charge in [0.25, 0.3) is 15.9 Å². The summed E-state index contributed by atoms with van der Waals surface area (Å²) in [5.41, 5.74) is 2.06. The van der Waals surface area contributed by atoms with Gasteiger partial charge in [-0.25, -0.2) is 8.42 Å². The average molecular weight is 443 g/mol. The first-order chi connectivity index (χ1) is 14.3. The van der Waals surface area contributed by atoms with Crippen LogP contribution < -0.4 is 14.4 Å². The van der Waals surface area contributed by atoms with Crippen LogP contribution >= 0.6 is 11.6 Å². The number of anilines is 2. The fourth-order valence-electron chi connectivity index (χ4n) is 3.16. The number of nitrogens with zero attached hydrogens (tertiary/aromatic N) is 1. The molecular formula is C22H19ClN2O4S. The molecule has 0 radical (unpaired) electrons. The predicted molar refractivity (Wildman–Crippen MR) is 117 cm³/mol. The Balaban J connectivity index is 1.66. The SMILES string of the molecule is Cc1ccc(NC(=O)C2CN(S(=O)(=O)c3ccc(Cl)cc3)c3ccccc3O2)cc1. The number of ether oxygens (including phenoxy) is 1. The Morgan fingerprint density at radius 1 is 1.03 bits per heavy atom. The molecule has 0 spiro atoms. The molecule has 154 valence electrons. The second-order valence-electron chi connectivity index (χ2n) is 6.92. The van der Waals surface area contributed by atoms with Crippen LogP contribution in [0.4, 0.5) is 11.4 Å². The molecule has 6 nitrogen and oxygen atoms in total. The number of hydrogen-bond donors (Lipinski definition) is 1. The molecule has 1 aliphatic rings. The van der Waals surface area contributed by atoms with Gasteiger partial charge in [0.1, 0.15) is 5.75 Å². The van der Waals surface area contributed by atoms with E-state index in [1.807, 2.05) is 19.1 Å². The van der Waals surface area contributed by atoms with Crippen molar-refractivity contribution in [1.29, 1.82) is 0 Å². The summed E-state index contributed by atoms with van der Waals surface area (Å²) in [6, 6.07) is 20.0. The topological polar surface area (TPSA) is 75.7 Å². The highest BCUT2D eigenvalue weighted by atomic mass is 35.5. The van der Waals surface area contributed by atoms with Crippen LogP contribution in [-0.2, 0) is 14.8 Å². The molecular weight excluding hydrogens is 424 g/mol. The Hall–Kier alpha value is -3.03. The maximum Gasteiger partial charge on any atom is 0.267 e. The van der Waals surface area contributed by atoms with E-state index in [-0.39, 0.29) is 11.4 Å². The molecule has 3 aromatic rings. The van der Waals surface area contributed by atoms with E-state index >= 15 is 0 Å². The van der Waals surface area contributed by atoms with Gasteiger partial charge >= 0.3 is 0 Å². The number of para-hydroxylation sites is 2. The van der Waals surface area contributed by atoms with Crippen molar-refractivity contribution < 1.29 is 17.9 Å². The molecule has 4 rings (SSSR count). The first-order valence-electron chi connectivity index (χ1n) is 9.26. The number of rotatable bonds is 4. The summed E-state index contributed by atoms with van der Waals surface area (Å²) in [7, 11) is -3.92. The number of nitrogens with one attached hydrogen (secondary N) is 1. The van der Waals surface area contributed by atoms with Crippen molar-refractivity contribution in [2.75, 3.05) is 16.2 Å². The fourth-order valence-corrected chi connectivity index (χ4v) is 4.76. The van der Waals surface area contributed by atoms with Gasteiger partial charge in [-0.05, 0) is 55.5 Å². The number of carbonyl (C=O) groups excluding carboxylic acids is 1. The maximum atomic E-state index is 13.3. The minimum Gasteiger partial charge on any atom is -0.476 e. The van der Waals surface area contributed by atoms with E-state index < -0.39 is 22.0 Å². The highest BCUT2D eigenvalue weighted by Crippen LogP contribution is 2.37. The highest BCUT2D eigenvalue weighted by molar-refractivity contribution is 7.92. The van der Waals surface area contributed by atoms with Crippen molar-refractivity contribution in [3.05, 3.63) is 83.4 Å². The molecule has 0 saturated heterocycles. The number of halogens is 1. The third kappa shape index (κ3) is 3.99. The maximum absolute atomic E-state index is 13.3. The molecule has 1 atom stereocenters. The van der Waals surface area contributed by atoms with Gasteiger partial charge in [-0.3, -0.25) is 9.10 Å². The van der Waals surface area contributed by atoms with Crippen molar-refractivity contribution in [2.45, 2.75) is 17.9 Å². The van der Waals surface area contributed by atoms with Gasteiger partial charge in [-0.2, -0.15) is 0 Å². The third-order valence-corrected chi connectivity index (χ3v) is 6.79. The molecule has 0 fully saturated rings. The Morgan fingerprint density at radius 3 is 2.40 bits per heavy atom. The highest BCUT2D eigenvalue weighted by Gasteiger charge is 2.37. The standard InChI is InChI=1S/C22H19ClN2O4S/c1-15-6-10-17(11-7-15)24-22(26)21-14-25(19-4-2-3-5-20(19)29-21)30(27,28)18-12-8-16(23)9-13-18/h2-13,21H,14H2,1H3,(H,24,26). The second-order valence-corrected chi connectivity index (χ2v) is 9.22. The van der Waals surface area contributed by atoms with Gasteiger partial charge in [0.2, 0.25) is 0 Å². The molecule has 1 aliphatic heterocycles. The van der Waals surface area contributed by atoms with E-state index in [9.17, 15) is 13.2 Å². The van der Waals surface area contributed by atoms with E-state index in [0.717, 1.165) is 5.56 Å². The largest absolute Gasteiger partial charge is 0.476 e. The van der Waals surface area contributed by atoms with Crippen LogP contribution in [0.25, 0.3) is 0 Å². The minimum absolute atomic E-state index is 0.0845. The van der Waals surface area contributed by atoms with Gasteiger partial charge in [-0.15, -0.1) is 0 Å². The first-order valence-corrected chi connectivity index (χ1v) is 11.1. The van der Waals surface area contributed by atoms with Crippen molar-refractivity contribution in [2.24, 2.45) is 0 Å². The van der Waals surface area contributed by atoms with Crippen LogP contribution in [0.5, 0.6) is 5.75 Å². The molecule has 0 bridgehead atoms. The zero-order valence-electron chi connectivity index (χ0n) is 16.1. The average Bonchev–Trinajstić information content (AvgIpc) is 2.74. The molecule has 30 heavy (non-hydrogen) atoms. The van der Waals surface area contributed by atoms with Crippen LogP contribution in [-0.4, -0.2) is 27.0 Å². The van der Waals surface area contributed by atoms with E-state index in [4.69, 9.17) is 16.3 Å². The molecule has 8 heteroatoms. The van der Waals surface area contributed by atoms with E-state index in [0.29, 0.717) is 22.1 Å². The lowest BCUT2D eigenvalue weighted by molar-refractivity contribution is -0.122. The first kappa shape index (κ1) is 20.3. The fraction of sp³-hybridized carbons (Fsp3) is 0.136. The molecule has 1 heterocycles. The van der Waals surface area contributed by atoms with E-state index in [1.165, 1.54) is 28.6 Å². The number of hydrogen-bond acceptors (Lipinski definition) is 4. The number of sulfonamides is 1. The molecule has 1 amide bonds. The number of fused-ring (bicyclic) bond motifs is 1. The monoisotopic (exact) mass is 442 g/mol. The lowest BCUT2D eigenvalue weighted by Crippen LogP contribution is -2.48. The zero-order valence-corrected chi connectivity index (χ0v) is 17.7. The van der Waals surface area contributed by atoms with Crippen molar-refractivity contribution in [1.82, 2.24) is 0 Å². The van der Waals surface area contributed by atoms with E-state index in [1.54, 1.807) is 36.4 Å². The second kappa shape index (κ2) is 8.01. The number of benzene rings is 3. The van der Waals surface area contributed by atoms with Crippen LogP contribution in [0, 0.1) is 6.92 Å². The summed E-state index contributed by atoms with van der Waals surface area (Å²) in [5.74, 6) is -0.102. The van der Waals surface area contributed by atoms with Gasteiger partial charge in [-0.1, -0.05) is 41.4 Å². The third-order valence-electron chi connectivity index (χ3n) is 4.75. The van der Waals surface area contributed by atoms with Crippen molar-refractivity contribution in [3.63, 3.8) is 0 Å². The molecule has 0 aliphatic carbocycles. The molecule has 0 aromatic heterocycles. The molecule has 1 unspecified atom stereocenters. The summed E-state index contributed by atoms with van der Waals surface area (Å²) in [6.07, 6.45) is -1.01. The summed E-state index contributed by atoms with van der Waals surface area (Å²) < 4.78 is 33.7. The Labute approximate surface area is 180 Å². The molecule has 0 saturated carbocycles. The quantitative estimate of drug-likeness (QED) is 0.655. The zero-order chi connectivity index (χ0) is 21.3. The van der Waals surface area contributed by atoms with Gasteiger partial charge < -0.3 is 10.1 Å². The van der Waals surface area contributed by atoms with Crippen LogP contribution in [0.15, 0.2) is 77.7 Å². The summed E-state index contributed by atoms with van der Waals surface area (Å²) in [5, 5.41) is 3.22. The summed E-state index contributed by atoms with van der Waals surface area (Å²) in [6.45, 7) is 1.80. The number of amides is 1. The normalized spacial score (nSPS) is 15.8. The Bertz CT molecular complexity index is 1180. The number of aryl methyl sites for hydroxylation is 1. The van der Waals surface area contributed by atoms with Crippen molar-refractivity contribution in [3.8, 4) is 5.75 Å². The Kier molecular flexibility index (Phi) is 5.40. The predicted octanol–water partition coefficient (Wildman–Crippen LogP) is 4.24. The smallest absolute Gasteiger partial charge is 0.267 e. The van der Waals surface area contributed by atoms with Crippen molar-refractivity contribution >= 4 is 38.9 Å². The van der Waals surface area contributed by atoms with Crippen LogP contribution in [0.1, 0.15) is 5.56 Å². The Morgan fingerprint density at radius 2 is 1.70 bits per heavy atom. The molecule has 3 aromatic carbocycles. The van der Waals surface area contributed by atoms with Gasteiger partial charge in [0.15, 0.2) is 6.10 Å². The van der Waals surface area contributed by atoms with Crippen LogP contribution in [0.3, 0.4) is 0 Å². The summed E-state index contributed by atoms with van der Waals surface area (Å²) >= 11 is 5.90. The van der Waals surface area contributed by atoms with Gasteiger partial charge in [0.05, 0.1) is 17.1 Å². The minimum atomic E-state index is -3.92.